The van der Waals surface area contributed by atoms with E-state index in [9.17, 15) is 10.2 Å². The molecule has 0 radical (unpaired) electrons. The van der Waals surface area contributed by atoms with Crippen LogP contribution in [0.4, 0.5) is 0 Å². The first-order valence-corrected chi connectivity index (χ1v) is 7.58. The van der Waals surface area contributed by atoms with Gasteiger partial charge in [0.25, 0.3) is 0 Å². The van der Waals surface area contributed by atoms with Gasteiger partial charge >= 0.3 is 0 Å². The summed E-state index contributed by atoms with van der Waals surface area (Å²) in [7, 11) is 2.12. The van der Waals surface area contributed by atoms with Crippen molar-refractivity contribution in [1.82, 2.24) is 4.90 Å². The number of phenols is 2. The molecule has 0 bridgehead atoms. The molecule has 0 saturated carbocycles. The van der Waals surface area contributed by atoms with Crippen molar-refractivity contribution in [2.75, 3.05) is 20.2 Å². The highest BCUT2D eigenvalue weighted by Gasteiger charge is 2.21. The third-order valence-electron chi connectivity index (χ3n) is 4.21. The average molecular weight is 299 g/mol. The number of phenolic OH excluding ortho intramolecular Hbond substituents is 2. The van der Waals surface area contributed by atoms with Gasteiger partial charge in [-0.2, -0.15) is 0 Å². The molecule has 1 aliphatic heterocycles. The van der Waals surface area contributed by atoms with Crippen LogP contribution in [0.5, 0.6) is 17.2 Å². The predicted octanol–water partition coefficient (Wildman–Crippen LogP) is 3.24. The highest BCUT2D eigenvalue weighted by Crippen LogP contribution is 2.30. The van der Waals surface area contributed by atoms with Gasteiger partial charge in [0, 0.05) is 12.1 Å². The maximum Gasteiger partial charge on any atom is 0.123 e. The fourth-order valence-corrected chi connectivity index (χ4v) is 2.87. The summed E-state index contributed by atoms with van der Waals surface area (Å²) in [6, 6.07) is 12.6. The molecule has 0 amide bonds. The third kappa shape index (κ3) is 3.34. The van der Waals surface area contributed by atoms with Gasteiger partial charge in [0.2, 0.25) is 0 Å². The van der Waals surface area contributed by atoms with E-state index in [2.05, 4.69) is 11.9 Å². The summed E-state index contributed by atoms with van der Waals surface area (Å²) in [5.41, 5.74) is 1.80. The van der Waals surface area contributed by atoms with Crippen molar-refractivity contribution in [3.63, 3.8) is 0 Å². The molecular formula is C18H21NO3. The third-order valence-corrected chi connectivity index (χ3v) is 4.21. The Hall–Kier alpha value is -2.20. The second-order valence-electron chi connectivity index (χ2n) is 5.85. The van der Waals surface area contributed by atoms with E-state index >= 15 is 0 Å². The molecule has 0 unspecified atom stereocenters. The standard InChI is InChI=1S/C18H21NO3/c1-19-8-2-3-15(19)12-22-18-10-14(9-17(21)11-18)13-4-6-16(20)7-5-13/h4-7,9-11,15,20-21H,2-3,8,12H2,1H3/t15-/m0/s1. The number of hydrogen-bond donors (Lipinski definition) is 2. The van der Waals surface area contributed by atoms with E-state index in [1.54, 1.807) is 24.3 Å². The van der Waals surface area contributed by atoms with Crippen LogP contribution in [0.3, 0.4) is 0 Å². The van der Waals surface area contributed by atoms with E-state index in [-0.39, 0.29) is 11.5 Å². The van der Waals surface area contributed by atoms with Gasteiger partial charge in [-0.05, 0) is 61.8 Å². The topological polar surface area (TPSA) is 52.9 Å². The summed E-state index contributed by atoms with van der Waals surface area (Å²) in [6.07, 6.45) is 2.36. The van der Waals surface area contributed by atoms with E-state index in [1.807, 2.05) is 18.2 Å². The molecule has 2 N–H and O–H groups in total. The SMILES string of the molecule is CN1CCC[C@H]1COc1cc(O)cc(-c2ccc(O)cc2)c1. The van der Waals surface area contributed by atoms with Gasteiger partial charge in [-0.25, -0.2) is 0 Å². The molecule has 3 rings (SSSR count). The lowest BCUT2D eigenvalue weighted by Crippen LogP contribution is -2.30. The van der Waals surface area contributed by atoms with Crippen LogP contribution in [0.25, 0.3) is 11.1 Å². The van der Waals surface area contributed by atoms with Gasteiger partial charge in [-0.15, -0.1) is 0 Å². The minimum atomic E-state index is 0.181. The molecule has 2 aromatic carbocycles. The average Bonchev–Trinajstić information content (AvgIpc) is 2.91. The predicted molar refractivity (Wildman–Crippen MR) is 86.4 cm³/mol. The lowest BCUT2D eigenvalue weighted by atomic mass is 10.0. The number of aromatic hydroxyl groups is 2. The molecule has 0 aliphatic carbocycles. The van der Waals surface area contributed by atoms with Crippen molar-refractivity contribution in [2.24, 2.45) is 0 Å². The minimum Gasteiger partial charge on any atom is -0.508 e. The molecule has 1 fully saturated rings. The summed E-state index contributed by atoms with van der Waals surface area (Å²) in [5, 5.41) is 19.3. The molecule has 2 aromatic rings. The summed E-state index contributed by atoms with van der Waals surface area (Å²) in [4.78, 5) is 2.31. The number of hydrogen-bond acceptors (Lipinski definition) is 4. The largest absolute Gasteiger partial charge is 0.508 e. The van der Waals surface area contributed by atoms with Crippen molar-refractivity contribution in [3.8, 4) is 28.4 Å². The zero-order chi connectivity index (χ0) is 15.5. The Labute approximate surface area is 130 Å². The quantitative estimate of drug-likeness (QED) is 0.910. The highest BCUT2D eigenvalue weighted by atomic mass is 16.5. The van der Waals surface area contributed by atoms with Gasteiger partial charge in [-0.1, -0.05) is 12.1 Å². The number of ether oxygens (including phenoxy) is 1. The molecule has 1 aliphatic rings. The Kier molecular flexibility index (Phi) is 4.20. The molecule has 0 spiro atoms. The van der Waals surface area contributed by atoms with E-state index in [0.29, 0.717) is 18.4 Å². The number of rotatable bonds is 4. The normalized spacial score (nSPS) is 18.5. The zero-order valence-electron chi connectivity index (χ0n) is 12.7. The lowest BCUT2D eigenvalue weighted by molar-refractivity contribution is 0.198. The van der Waals surface area contributed by atoms with Crippen molar-refractivity contribution in [3.05, 3.63) is 42.5 Å². The van der Waals surface area contributed by atoms with Crippen molar-refractivity contribution < 1.29 is 14.9 Å². The van der Waals surface area contributed by atoms with Gasteiger partial charge in [0.05, 0.1) is 0 Å². The summed E-state index contributed by atoms with van der Waals surface area (Å²) in [6.45, 7) is 1.75. The maximum absolute atomic E-state index is 9.91. The smallest absolute Gasteiger partial charge is 0.123 e. The first kappa shape index (κ1) is 14.7. The van der Waals surface area contributed by atoms with Crippen LogP contribution < -0.4 is 4.74 Å². The lowest BCUT2D eigenvalue weighted by Gasteiger charge is -2.20. The van der Waals surface area contributed by atoms with Gasteiger partial charge in [-0.3, -0.25) is 0 Å². The number of likely N-dealkylation sites (tertiary alicyclic amines) is 1. The monoisotopic (exact) mass is 299 g/mol. The van der Waals surface area contributed by atoms with Crippen LogP contribution in [0.15, 0.2) is 42.5 Å². The Morgan fingerprint density at radius 2 is 1.82 bits per heavy atom. The Bertz CT molecular complexity index is 639. The first-order chi connectivity index (χ1) is 10.6. The summed E-state index contributed by atoms with van der Waals surface area (Å²) < 4.78 is 5.88. The van der Waals surface area contributed by atoms with Crippen LogP contribution in [-0.4, -0.2) is 41.4 Å². The fourth-order valence-electron chi connectivity index (χ4n) is 2.87. The summed E-state index contributed by atoms with van der Waals surface area (Å²) >= 11 is 0. The molecule has 4 nitrogen and oxygen atoms in total. The van der Waals surface area contributed by atoms with Crippen LogP contribution in [0.1, 0.15) is 12.8 Å². The Morgan fingerprint density at radius 3 is 2.50 bits per heavy atom. The molecule has 1 heterocycles. The van der Waals surface area contributed by atoms with Crippen molar-refractivity contribution >= 4 is 0 Å². The molecule has 116 valence electrons. The second kappa shape index (κ2) is 6.28. The molecule has 22 heavy (non-hydrogen) atoms. The molecule has 1 atom stereocenters. The molecule has 0 aromatic heterocycles. The van der Waals surface area contributed by atoms with Gasteiger partial charge in [0.1, 0.15) is 23.9 Å². The van der Waals surface area contributed by atoms with Crippen LogP contribution in [0.2, 0.25) is 0 Å². The minimum absolute atomic E-state index is 0.181. The van der Waals surface area contributed by atoms with Crippen LogP contribution in [0, 0.1) is 0 Å². The second-order valence-corrected chi connectivity index (χ2v) is 5.85. The zero-order valence-corrected chi connectivity index (χ0v) is 12.7. The van der Waals surface area contributed by atoms with E-state index in [0.717, 1.165) is 24.1 Å². The van der Waals surface area contributed by atoms with E-state index < -0.39 is 0 Å². The molecule has 4 heteroatoms. The Morgan fingerprint density at radius 1 is 1.05 bits per heavy atom. The first-order valence-electron chi connectivity index (χ1n) is 7.58. The van der Waals surface area contributed by atoms with Crippen LogP contribution >= 0.6 is 0 Å². The Balaban J connectivity index is 1.76. The molecule has 1 saturated heterocycles. The van der Waals surface area contributed by atoms with Crippen molar-refractivity contribution in [1.29, 1.82) is 0 Å². The highest BCUT2D eigenvalue weighted by molar-refractivity contribution is 5.67. The number of nitrogens with zero attached hydrogens (tertiary/aromatic N) is 1. The van der Waals surface area contributed by atoms with Gasteiger partial charge in [0.15, 0.2) is 0 Å². The summed E-state index contributed by atoms with van der Waals surface area (Å²) in [5.74, 6) is 1.08. The van der Waals surface area contributed by atoms with Crippen molar-refractivity contribution in [2.45, 2.75) is 18.9 Å². The number of likely N-dealkylation sites (N-methyl/N-ethyl adjacent to an activating group) is 1. The number of benzene rings is 2. The van der Waals surface area contributed by atoms with Crippen LogP contribution in [-0.2, 0) is 0 Å². The van der Waals surface area contributed by atoms with E-state index in [1.165, 1.54) is 6.42 Å². The molecular weight excluding hydrogens is 278 g/mol. The fraction of sp³-hybridized carbons (Fsp3) is 0.333. The van der Waals surface area contributed by atoms with Gasteiger partial charge < -0.3 is 19.8 Å². The van der Waals surface area contributed by atoms with E-state index in [4.69, 9.17) is 4.74 Å². The maximum atomic E-state index is 9.91.